The lowest BCUT2D eigenvalue weighted by molar-refractivity contribution is -0.137. The quantitative estimate of drug-likeness (QED) is 0.131. The van der Waals surface area contributed by atoms with Crippen LogP contribution in [0.25, 0.3) is 0 Å². The van der Waals surface area contributed by atoms with Crippen molar-refractivity contribution in [3.63, 3.8) is 0 Å². The van der Waals surface area contributed by atoms with Crippen molar-refractivity contribution in [1.29, 1.82) is 0 Å². The fraction of sp³-hybridized carbons (Fsp3) is 0.667. The fourth-order valence-corrected chi connectivity index (χ4v) is 3.53. The molecule has 188 valence electrons. The second-order valence-corrected chi connectivity index (χ2v) is 8.49. The van der Waals surface area contributed by atoms with E-state index >= 15 is 0 Å². The standard InChI is InChI=1S/C18H36O2.C9H8O4/c1-2-3-4-5-6-7-8-9-10-11-12-13-14-15-16-17-18(19)20;1-6(10)13-8-5-3-2-4-7(8)9(11)12/h2-17H2,1H3,(H,19,20);2-5H,1H3,(H,11,12). The van der Waals surface area contributed by atoms with Gasteiger partial charge >= 0.3 is 17.9 Å². The highest BCUT2D eigenvalue weighted by Crippen LogP contribution is 2.17. The summed E-state index contributed by atoms with van der Waals surface area (Å²) in [5, 5.41) is 17.2. The number of hydrogen-bond acceptors (Lipinski definition) is 4. The maximum absolute atomic E-state index is 10.6. The number of para-hydroxylation sites is 1. The Kier molecular flexibility index (Phi) is 19.9. The summed E-state index contributed by atoms with van der Waals surface area (Å²) in [7, 11) is 0. The molecule has 33 heavy (non-hydrogen) atoms. The van der Waals surface area contributed by atoms with Crippen molar-refractivity contribution in [3.05, 3.63) is 29.8 Å². The van der Waals surface area contributed by atoms with Crippen LogP contribution in [-0.4, -0.2) is 28.1 Å². The Morgan fingerprint density at radius 3 is 1.52 bits per heavy atom. The number of carboxylic acid groups (broad SMARTS) is 2. The number of aromatic carboxylic acids is 1. The van der Waals surface area contributed by atoms with Crippen LogP contribution in [0.5, 0.6) is 5.75 Å². The minimum Gasteiger partial charge on any atom is -0.481 e. The molecule has 6 heteroatoms. The normalized spacial score (nSPS) is 10.2. The Bertz CT molecular complexity index is 656. The molecule has 1 aromatic carbocycles. The van der Waals surface area contributed by atoms with Crippen molar-refractivity contribution < 1.29 is 29.3 Å². The number of rotatable bonds is 18. The molecule has 0 aliphatic carbocycles. The third kappa shape index (κ3) is 20.0. The molecule has 0 saturated heterocycles. The minimum atomic E-state index is -1.11. The minimum absolute atomic E-state index is 0.0160. The molecular formula is C27H44O6. The highest BCUT2D eigenvalue weighted by molar-refractivity contribution is 5.91. The van der Waals surface area contributed by atoms with E-state index in [0.717, 1.165) is 12.8 Å². The zero-order valence-electron chi connectivity index (χ0n) is 20.7. The molecule has 0 atom stereocenters. The SMILES string of the molecule is CC(=O)Oc1ccccc1C(=O)O.CCCCCCCCCCCCCCCCCC(=O)O. The molecule has 1 aromatic rings. The lowest BCUT2D eigenvalue weighted by Gasteiger charge is -2.03. The molecule has 0 amide bonds. The van der Waals surface area contributed by atoms with E-state index in [4.69, 9.17) is 10.2 Å². The Morgan fingerprint density at radius 2 is 1.12 bits per heavy atom. The smallest absolute Gasteiger partial charge is 0.339 e. The van der Waals surface area contributed by atoms with Crippen molar-refractivity contribution in [1.82, 2.24) is 0 Å². The van der Waals surface area contributed by atoms with Crippen LogP contribution in [0.3, 0.4) is 0 Å². The summed E-state index contributed by atoms with van der Waals surface area (Å²) in [4.78, 5) is 31.5. The van der Waals surface area contributed by atoms with Crippen LogP contribution >= 0.6 is 0 Å². The van der Waals surface area contributed by atoms with Gasteiger partial charge < -0.3 is 14.9 Å². The van der Waals surface area contributed by atoms with E-state index in [0.29, 0.717) is 6.42 Å². The van der Waals surface area contributed by atoms with Gasteiger partial charge in [-0.3, -0.25) is 9.59 Å². The third-order valence-electron chi connectivity index (χ3n) is 5.37. The van der Waals surface area contributed by atoms with Gasteiger partial charge in [0.05, 0.1) is 0 Å². The second-order valence-electron chi connectivity index (χ2n) is 8.49. The summed E-state index contributed by atoms with van der Waals surface area (Å²) in [6, 6.07) is 5.98. The predicted octanol–water partition coefficient (Wildman–Crippen LogP) is 7.64. The average Bonchev–Trinajstić information content (AvgIpc) is 2.76. The van der Waals surface area contributed by atoms with Crippen LogP contribution in [0.2, 0.25) is 0 Å². The van der Waals surface area contributed by atoms with E-state index in [-0.39, 0.29) is 11.3 Å². The maximum Gasteiger partial charge on any atom is 0.339 e. The van der Waals surface area contributed by atoms with Crippen LogP contribution in [0.1, 0.15) is 127 Å². The number of carboxylic acids is 2. The summed E-state index contributed by atoms with van der Waals surface area (Å²) in [5.41, 5.74) is -0.0160. The number of aliphatic carboxylic acids is 1. The molecule has 0 aliphatic rings. The van der Waals surface area contributed by atoms with E-state index in [2.05, 4.69) is 11.7 Å². The van der Waals surface area contributed by atoms with E-state index < -0.39 is 17.9 Å². The zero-order chi connectivity index (χ0) is 24.7. The second kappa shape index (κ2) is 21.5. The van der Waals surface area contributed by atoms with Gasteiger partial charge in [0.2, 0.25) is 0 Å². The third-order valence-corrected chi connectivity index (χ3v) is 5.37. The highest BCUT2D eigenvalue weighted by atomic mass is 16.5. The molecular weight excluding hydrogens is 420 g/mol. The van der Waals surface area contributed by atoms with Crippen LogP contribution in [0.15, 0.2) is 24.3 Å². The highest BCUT2D eigenvalue weighted by Gasteiger charge is 2.11. The first-order valence-corrected chi connectivity index (χ1v) is 12.6. The topological polar surface area (TPSA) is 101 Å². The first-order valence-electron chi connectivity index (χ1n) is 12.6. The molecule has 0 heterocycles. The van der Waals surface area contributed by atoms with Gasteiger partial charge in [-0.1, -0.05) is 109 Å². The Morgan fingerprint density at radius 1 is 0.697 bits per heavy atom. The summed E-state index contributed by atoms with van der Waals surface area (Å²) in [6.45, 7) is 3.49. The monoisotopic (exact) mass is 464 g/mol. The maximum atomic E-state index is 10.6. The lowest BCUT2D eigenvalue weighted by atomic mass is 10.0. The zero-order valence-corrected chi connectivity index (χ0v) is 20.7. The number of carbonyl (C=O) groups excluding carboxylic acids is 1. The number of benzene rings is 1. The van der Waals surface area contributed by atoms with Crippen molar-refractivity contribution >= 4 is 17.9 Å². The van der Waals surface area contributed by atoms with Crippen LogP contribution in [-0.2, 0) is 9.59 Å². The van der Waals surface area contributed by atoms with Gasteiger partial charge in [0.1, 0.15) is 11.3 Å². The number of esters is 1. The number of unbranched alkanes of at least 4 members (excludes halogenated alkanes) is 14. The molecule has 0 unspecified atom stereocenters. The van der Waals surface area contributed by atoms with Crippen molar-refractivity contribution in [2.24, 2.45) is 0 Å². The van der Waals surface area contributed by atoms with Gasteiger partial charge in [0.15, 0.2) is 0 Å². The van der Waals surface area contributed by atoms with Crippen LogP contribution < -0.4 is 4.74 Å². The summed E-state index contributed by atoms with van der Waals surface area (Å²) in [5.74, 6) is -2.23. The van der Waals surface area contributed by atoms with Crippen molar-refractivity contribution in [3.8, 4) is 5.75 Å². The number of hydrogen-bond donors (Lipinski definition) is 2. The fourth-order valence-electron chi connectivity index (χ4n) is 3.53. The molecule has 0 aromatic heterocycles. The van der Waals surface area contributed by atoms with E-state index in [9.17, 15) is 14.4 Å². The van der Waals surface area contributed by atoms with Gasteiger partial charge in [-0.15, -0.1) is 0 Å². The molecule has 0 saturated carbocycles. The molecule has 0 bridgehead atoms. The summed E-state index contributed by atoms with van der Waals surface area (Å²) >= 11 is 0. The molecule has 0 spiro atoms. The van der Waals surface area contributed by atoms with E-state index in [1.165, 1.54) is 103 Å². The van der Waals surface area contributed by atoms with Crippen molar-refractivity contribution in [2.45, 2.75) is 117 Å². The predicted molar refractivity (Wildman–Crippen MR) is 132 cm³/mol. The molecule has 2 N–H and O–H groups in total. The molecule has 1 rings (SSSR count). The first kappa shape index (κ1) is 30.6. The van der Waals surface area contributed by atoms with Gasteiger partial charge in [0.25, 0.3) is 0 Å². The summed E-state index contributed by atoms with van der Waals surface area (Å²) < 4.78 is 4.69. The van der Waals surface area contributed by atoms with Gasteiger partial charge in [-0.2, -0.15) is 0 Å². The first-order chi connectivity index (χ1) is 15.9. The van der Waals surface area contributed by atoms with Gasteiger partial charge in [-0.25, -0.2) is 4.79 Å². The molecule has 6 nitrogen and oxygen atoms in total. The van der Waals surface area contributed by atoms with Crippen LogP contribution in [0.4, 0.5) is 0 Å². The van der Waals surface area contributed by atoms with E-state index in [1.54, 1.807) is 12.1 Å². The summed E-state index contributed by atoms with van der Waals surface area (Å²) in [6.07, 6.45) is 20.2. The van der Waals surface area contributed by atoms with E-state index in [1.807, 2.05) is 0 Å². The lowest BCUT2D eigenvalue weighted by Crippen LogP contribution is -2.06. The Labute approximate surface area is 199 Å². The van der Waals surface area contributed by atoms with Crippen LogP contribution in [0, 0.1) is 0 Å². The van der Waals surface area contributed by atoms with Gasteiger partial charge in [-0.05, 0) is 18.6 Å². The molecule has 0 radical (unpaired) electrons. The Balaban J connectivity index is 0.000000676. The number of carbonyl (C=O) groups is 3. The Hall–Kier alpha value is -2.37. The molecule has 0 aliphatic heterocycles. The average molecular weight is 465 g/mol. The number of ether oxygens (including phenoxy) is 1. The van der Waals surface area contributed by atoms with Gasteiger partial charge in [0, 0.05) is 13.3 Å². The molecule has 0 fully saturated rings. The largest absolute Gasteiger partial charge is 0.481 e. The van der Waals surface area contributed by atoms with Crippen molar-refractivity contribution in [2.75, 3.05) is 0 Å².